The third-order valence-corrected chi connectivity index (χ3v) is 2.87. The van der Waals surface area contributed by atoms with Gasteiger partial charge in [-0.15, -0.1) is 0 Å². The van der Waals surface area contributed by atoms with Gasteiger partial charge in [0.2, 0.25) is 0 Å². The average Bonchev–Trinajstić information content (AvgIpc) is 2.39. The molecule has 0 saturated heterocycles. The van der Waals surface area contributed by atoms with Crippen LogP contribution >= 0.6 is 11.6 Å². The van der Waals surface area contributed by atoms with Crippen molar-refractivity contribution in [1.82, 2.24) is 15.0 Å². The van der Waals surface area contributed by atoms with E-state index in [2.05, 4.69) is 20.3 Å². The zero-order valence-electron chi connectivity index (χ0n) is 10.4. The van der Waals surface area contributed by atoms with Crippen molar-refractivity contribution in [2.75, 3.05) is 11.9 Å². The second kappa shape index (κ2) is 6.24. The highest BCUT2D eigenvalue weighted by Gasteiger charge is 2.10. The molecule has 2 rings (SSSR count). The second-order valence-electron chi connectivity index (χ2n) is 3.97. The molecule has 0 aromatic carbocycles. The van der Waals surface area contributed by atoms with Crippen molar-refractivity contribution >= 4 is 23.7 Å². The lowest BCUT2D eigenvalue weighted by Gasteiger charge is -2.09. The van der Waals surface area contributed by atoms with Gasteiger partial charge in [-0.25, -0.2) is 9.97 Å². The molecule has 1 N–H and O–H groups in total. The molecule has 0 aliphatic heterocycles. The molecule has 0 bridgehead atoms. The third-order valence-electron chi connectivity index (χ3n) is 2.58. The highest BCUT2D eigenvalue weighted by atomic mass is 35.5. The first kappa shape index (κ1) is 13.4. The highest BCUT2D eigenvalue weighted by molar-refractivity contribution is 6.32. The number of nitrogens with one attached hydrogen (secondary N) is 1. The summed E-state index contributed by atoms with van der Waals surface area (Å²) in [6.07, 6.45) is 4.97. The number of halogens is 1. The molecule has 5 nitrogen and oxygen atoms in total. The van der Waals surface area contributed by atoms with Crippen LogP contribution in [0.25, 0.3) is 0 Å². The fraction of sp³-hybridized carbons (Fsp3) is 0.231. The molecule has 2 heterocycles. The summed E-state index contributed by atoms with van der Waals surface area (Å²) in [4.78, 5) is 23.1. The van der Waals surface area contributed by atoms with Crippen molar-refractivity contribution in [2.45, 2.75) is 13.3 Å². The van der Waals surface area contributed by atoms with E-state index in [-0.39, 0.29) is 5.15 Å². The van der Waals surface area contributed by atoms with Gasteiger partial charge < -0.3 is 5.32 Å². The van der Waals surface area contributed by atoms with Crippen LogP contribution in [0, 0.1) is 6.92 Å². The van der Waals surface area contributed by atoms with E-state index >= 15 is 0 Å². The normalized spacial score (nSPS) is 10.2. The zero-order valence-corrected chi connectivity index (χ0v) is 11.2. The maximum absolute atomic E-state index is 11.0. The molecule has 0 spiro atoms. The SMILES string of the molecule is Cc1nc(Cl)c(C=O)c(NCCc2ccncc2)n1. The zero-order chi connectivity index (χ0) is 13.7. The van der Waals surface area contributed by atoms with E-state index in [0.717, 1.165) is 12.0 Å². The van der Waals surface area contributed by atoms with E-state index in [1.54, 1.807) is 19.3 Å². The summed E-state index contributed by atoms with van der Waals surface area (Å²) >= 11 is 5.90. The van der Waals surface area contributed by atoms with Crippen LogP contribution in [0.1, 0.15) is 21.7 Å². The van der Waals surface area contributed by atoms with Gasteiger partial charge >= 0.3 is 0 Å². The molecule has 0 saturated carbocycles. The number of anilines is 1. The molecule has 19 heavy (non-hydrogen) atoms. The Hall–Kier alpha value is -2.01. The number of carbonyl (C=O) groups is 1. The van der Waals surface area contributed by atoms with Crippen LogP contribution in [0.4, 0.5) is 5.82 Å². The Labute approximate surface area is 116 Å². The minimum Gasteiger partial charge on any atom is -0.369 e. The summed E-state index contributed by atoms with van der Waals surface area (Å²) in [6.45, 7) is 2.38. The number of aldehydes is 1. The number of hydrogen-bond acceptors (Lipinski definition) is 5. The predicted octanol–water partition coefficient (Wildman–Crippen LogP) is 2.30. The summed E-state index contributed by atoms with van der Waals surface area (Å²) in [5.74, 6) is 1.00. The molecule has 98 valence electrons. The highest BCUT2D eigenvalue weighted by Crippen LogP contribution is 2.18. The molecular formula is C13H13ClN4O. The molecule has 2 aromatic rings. The standard InChI is InChI=1S/C13H13ClN4O/c1-9-17-12(14)11(8-19)13(18-9)16-7-4-10-2-5-15-6-3-10/h2-3,5-6,8H,4,7H2,1H3,(H,16,17,18). The quantitative estimate of drug-likeness (QED) is 0.670. The van der Waals surface area contributed by atoms with E-state index in [0.29, 0.717) is 30.0 Å². The third kappa shape index (κ3) is 3.48. The molecule has 0 aliphatic carbocycles. The summed E-state index contributed by atoms with van der Waals surface area (Å²) in [6, 6.07) is 3.89. The number of hydrogen-bond donors (Lipinski definition) is 1. The maximum Gasteiger partial charge on any atom is 0.156 e. The van der Waals surface area contributed by atoms with Crippen LogP contribution in [0.2, 0.25) is 5.15 Å². The molecule has 0 fully saturated rings. The fourth-order valence-corrected chi connectivity index (χ4v) is 1.92. The van der Waals surface area contributed by atoms with Crippen LogP contribution in [0.15, 0.2) is 24.5 Å². The van der Waals surface area contributed by atoms with Crippen molar-refractivity contribution < 1.29 is 4.79 Å². The molecule has 0 aliphatic rings. The molecule has 6 heteroatoms. The number of rotatable bonds is 5. The van der Waals surface area contributed by atoms with Gasteiger partial charge in [0, 0.05) is 18.9 Å². The number of carbonyl (C=O) groups excluding carboxylic acids is 1. The van der Waals surface area contributed by atoms with Crippen LogP contribution < -0.4 is 5.32 Å². The lowest BCUT2D eigenvalue weighted by atomic mass is 10.2. The van der Waals surface area contributed by atoms with Crippen molar-refractivity contribution in [1.29, 1.82) is 0 Å². The van der Waals surface area contributed by atoms with Crippen molar-refractivity contribution in [3.05, 3.63) is 46.6 Å². The van der Waals surface area contributed by atoms with Crippen LogP contribution in [-0.4, -0.2) is 27.8 Å². The molecule has 0 atom stereocenters. The van der Waals surface area contributed by atoms with Gasteiger partial charge in [0.15, 0.2) is 6.29 Å². The molecule has 0 radical (unpaired) electrons. The van der Waals surface area contributed by atoms with Crippen molar-refractivity contribution in [3.8, 4) is 0 Å². The second-order valence-corrected chi connectivity index (χ2v) is 4.33. The maximum atomic E-state index is 11.0. The Balaban J connectivity index is 2.05. The Morgan fingerprint density at radius 1 is 1.32 bits per heavy atom. The lowest BCUT2D eigenvalue weighted by molar-refractivity contribution is 0.112. The van der Waals surface area contributed by atoms with Crippen LogP contribution in [0.5, 0.6) is 0 Å². The first-order chi connectivity index (χ1) is 9.20. The molecule has 2 aromatic heterocycles. The van der Waals surface area contributed by atoms with Gasteiger partial charge in [-0.2, -0.15) is 0 Å². The smallest absolute Gasteiger partial charge is 0.156 e. The van der Waals surface area contributed by atoms with Gasteiger partial charge in [-0.3, -0.25) is 9.78 Å². The van der Waals surface area contributed by atoms with Gasteiger partial charge in [-0.05, 0) is 31.0 Å². The first-order valence-electron chi connectivity index (χ1n) is 5.83. The van der Waals surface area contributed by atoms with E-state index in [4.69, 9.17) is 11.6 Å². The predicted molar refractivity (Wildman–Crippen MR) is 73.6 cm³/mol. The van der Waals surface area contributed by atoms with E-state index in [1.165, 1.54) is 0 Å². The Kier molecular flexibility index (Phi) is 4.41. The summed E-state index contributed by atoms with van der Waals surface area (Å²) in [5.41, 5.74) is 1.45. The Morgan fingerprint density at radius 2 is 2.05 bits per heavy atom. The summed E-state index contributed by atoms with van der Waals surface area (Å²) in [5, 5.41) is 3.28. The minimum atomic E-state index is 0.175. The van der Waals surface area contributed by atoms with Crippen molar-refractivity contribution in [2.24, 2.45) is 0 Å². The van der Waals surface area contributed by atoms with E-state index in [9.17, 15) is 4.79 Å². The minimum absolute atomic E-state index is 0.175. The molecule has 0 amide bonds. The number of pyridine rings is 1. The monoisotopic (exact) mass is 276 g/mol. The van der Waals surface area contributed by atoms with Gasteiger partial charge in [0.25, 0.3) is 0 Å². The summed E-state index contributed by atoms with van der Waals surface area (Å²) in [7, 11) is 0. The topological polar surface area (TPSA) is 67.8 Å². The molecular weight excluding hydrogens is 264 g/mol. The van der Waals surface area contributed by atoms with Crippen molar-refractivity contribution in [3.63, 3.8) is 0 Å². The Bertz CT molecular complexity index is 574. The van der Waals surface area contributed by atoms with Crippen LogP contribution in [-0.2, 0) is 6.42 Å². The van der Waals surface area contributed by atoms with E-state index < -0.39 is 0 Å². The average molecular weight is 277 g/mol. The first-order valence-corrected chi connectivity index (χ1v) is 6.20. The lowest BCUT2D eigenvalue weighted by Crippen LogP contribution is -2.10. The number of nitrogens with zero attached hydrogens (tertiary/aromatic N) is 3. The fourth-order valence-electron chi connectivity index (χ4n) is 1.66. The van der Waals surface area contributed by atoms with Gasteiger partial charge in [0.05, 0.1) is 5.56 Å². The largest absolute Gasteiger partial charge is 0.369 e. The number of aromatic nitrogens is 3. The Morgan fingerprint density at radius 3 is 2.74 bits per heavy atom. The van der Waals surface area contributed by atoms with Gasteiger partial charge in [-0.1, -0.05) is 11.6 Å². The number of aryl methyl sites for hydroxylation is 1. The van der Waals surface area contributed by atoms with Gasteiger partial charge in [0.1, 0.15) is 16.8 Å². The molecule has 0 unspecified atom stereocenters. The van der Waals surface area contributed by atoms with Crippen LogP contribution in [0.3, 0.4) is 0 Å². The summed E-state index contributed by atoms with van der Waals surface area (Å²) < 4.78 is 0. The van der Waals surface area contributed by atoms with E-state index in [1.807, 2.05) is 12.1 Å².